The Morgan fingerprint density at radius 2 is 1.72 bits per heavy atom. The van der Waals surface area contributed by atoms with Crippen LogP contribution in [0.3, 0.4) is 0 Å². The van der Waals surface area contributed by atoms with E-state index in [1.807, 2.05) is 19.0 Å². The molecule has 0 aromatic heterocycles. The van der Waals surface area contributed by atoms with Gasteiger partial charge in [-0.1, -0.05) is 39.5 Å². The standard InChI is InChI=1S/C14H31N3.HI/c1-6-15-14(17(4)5)16-12-10-8-7-9-11-13(2)3;/h13H,6-12H2,1-5H3,(H,15,16);1H. The summed E-state index contributed by atoms with van der Waals surface area (Å²) in [6.07, 6.45) is 6.61. The third-order valence-corrected chi connectivity index (χ3v) is 2.71. The predicted octanol–water partition coefficient (Wildman–Crippen LogP) is 3.74. The second-order valence-electron chi connectivity index (χ2n) is 5.23. The summed E-state index contributed by atoms with van der Waals surface area (Å²) < 4.78 is 0. The van der Waals surface area contributed by atoms with Gasteiger partial charge in [0.05, 0.1) is 0 Å². The molecule has 0 amide bonds. The fraction of sp³-hybridized carbons (Fsp3) is 0.929. The number of rotatable bonds is 8. The fourth-order valence-electron chi connectivity index (χ4n) is 1.72. The third kappa shape index (κ3) is 12.5. The summed E-state index contributed by atoms with van der Waals surface area (Å²) in [6, 6.07) is 0. The number of nitrogens with one attached hydrogen (secondary N) is 1. The largest absolute Gasteiger partial charge is 0.357 e. The highest BCUT2D eigenvalue weighted by Gasteiger charge is 1.98. The molecule has 110 valence electrons. The molecule has 0 aromatic rings. The van der Waals surface area contributed by atoms with Gasteiger partial charge in [-0.2, -0.15) is 0 Å². The van der Waals surface area contributed by atoms with Crippen LogP contribution in [0.15, 0.2) is 4.99 Å². The average Bonchev–Trinajstić information content (AvgIpc) is 2.25. The van der Waals surface area contributed by atoms with E-state index in [-0.39, 0.29) is 24.0 Å². The highest BCUT2D eigenvalue weighted by molar-refractivity contribution is 14.0. The van der Waals surface area contributed by atoms with Gasteiger partial charge in [-0.25, -0.2) is 0 Å². The van der Waals surface area contributed by atoms with Crippen molar-refractivity contribution in [2.24, 2.45) is 10.9 Å². The van der Waals surface area contributed by atoms with E-state index in [4.69, 9.17) is 0 Å². The van der Waals surface area contributed by atoms with Gasteiger partial charge >= 0.3 is 0 Å². The van der Waals surface area contributed by atoms with Crippen molar-refractivity contribution < 1.29 is 0 Å². The van der Waals surface area contributed by atoms with Gasteiger partial charge in [0.2, 0.25) is 0 Å². The molecule has 0 aliphatic heterocycles. The molecule has 0 heterocycles. The zero-order chi connectivity index (χ0) is 13.1. The first-order valence-corrected chi connectivity index (χ1v) is 7.03. The van der Waals surface area contributed by atoms with Crippen LogP contribution in [-0.4, -0.2) is 38.0 Å². The molecule has 1 N–H and O–H groups in total. The van der Waals surface area contributed by atoms with Crippen LogP contribution in [0.2, 0.25) is 0 Å². The van der Waals surface area contributed by atoms with Crippen molar-refractivity contribution in [3.8, 4) is 0 Å². The summed E-state index contributed by atoms with van der Waals surface area (Å²) in [5, 5.41) is 3.27. The first kappa shape index (κ1) is 20.3. The third-order valence-electron chi connectivity index (χ3n) is 2.71. The van der Waals surface area contributed by atoms with Gasteiger partial charge in [-0.15, -0.1) is 24.0 Å². The van der Waals surface area contributed by atoms with Gasteiger partial charge in [0.1, 0.15) is 0 Å². The van der Waals surface area contributed by atoms with Crippen molar-refractivity contribution in [3.05, 3.63) is 0 Å². The number of hydrogen-bond donors (Lipinski definition) is 1. The molecule has 0 aromatic carbocycles. The predicted molar refractivity (Wildman–Crippen MR) is 93.0 cm³/mol. The minimum absolute atomic E-state index is 0. The van der Waals surface area contributed by atoms with Gasteiger partial charge in [0.15, 0.2) is 5.96 Å². The topological polar surface area (TPSA) is 27.6 Å². The molecule has 18 heavy (non-hydrogen) atoms. The highest BCUT2D eigenvalue weighted by atomic mass is 127. The molecule has 0 spiro atoms. The lowest BCUT2D eigenvalue weighted by atomic mass is 10.0. The lowest BCUT2D eigenvalue weighted by Crippen LogP contribution is -2.36. The quantitative estimate of drug-likeness (QED) is 0.306. The number of unbranched alkanes of at least 4 members (excludes halogenated alkanes) is 3. The molecule has 0 atom stereocenters. The summed E-state index contributed by atoms with van der Waals surface area (Å²) in [6.45, 7) is 8.58. The van der Waals surface area contributed by atoms with Gasteiger partial charge in [0, 0.05) is 27.2 Å². The normalized spacial score (nSPS) is 11.3. The first-order valence-electron chi connectivity index (χ1n) is 7.03. The van der Waals surface area contributed by atoms with E-state index in [1.165, 1.54) is 32.1 Å². The average molecular weight is 369 g/mol. The zero-order valence-corrected chi connectivity index (χ0v) is 15.2. The lowest BCUT2D eigenvalue weighted by Gasteiger charge is -2.16. The van der Waals surface area contributed by atoms with Gasteiger partial charge in [0.25, 0.3) is 0 Å². The number of nitrogens with zero attached hydrogens (tertiary/aromatic N) is 2. The van der Waals surface area contributed by atoms with E-state index in [1.54, 1.807) is 0 Å². The van der Waals surface area contributed by atoms with Crippen LogP contribution < -0.4 is 5.32 Å². The molecular weight excluding hydrogens is 337 g/mol. The monoisotopic (exact) mass is 369 g/mol. The molecule has 0 saturated carbocycles. The van der Waals surface area contributed by atoms with Crippen molar-refractivity contribution in [1.82, 2.24) is 10.2 Å². The SMILES string of the molecule is CCNC(=NCCCCCCC(C)C)N(C)C.I. The van der Waals surface area contributed by atoms with Crippen molar-refractivity contribution >= 4 is 29.9 Å². The molecule has 0 saturated heterocycles. The Hall–Kier alpha value is 0. The number of halogens is 1. The Morgan fingerprint density at radius 1 is 1.11 bits per heavy atom. The van der Waals surface area contributed by atoms with E-state index in [2.05, 4.69) is 31.1 Å². The minimum atomic E-state index is 0. The first-order chi connectivity index (χ1) is 8.07. The van der Waals surface area contributed by atoms with Crippen LogP contribution in [0.4, 0.5) is 0 Å². The van der Waals surface area contributed by atoms with E-state index >= 15 is 0 Å². The number of aliphatic imine (C=N–C) groups is 1. The summed E-state index contributed by atoms with van der Waals surface area (Å²) in [5.41, 5.74) is 0. The van der Waals surface area contributed by atoms with E-state index in [0.29, 0.717) is 0 Å². The Kier molecular flexibility index (Phi) is 15.2. The maximum absolute atomic E-state index is 4.58. The molecule has 0 rings (SSSR count). The van der Waals surface area contributed by atoms with Crippen LogP contribution in [0.1, 0.15) is 52.9 Å². The van der Waals surface area contributed by atoms with Crippen molar-refractivity contribution in [2.45, 2.75) is 52.9 Å². The minimum Gasteiger partial charge on any atom is -0.357 e. The van der Waals surface area contributed by atoms with Gasteiger partial charge in [-0.05, 0) is 19.3 Å². The molecule has 0 bridgehead atoms. The van der Waals surface area contributed by atoms with Gasteiger partial charge in [-0.3, -0.25) is 4.99 Å². The van der Waals surface area contributed by atoms with Crippen LogP contribution in [0.5, 0.6) is 0 Å². The van der Waals surface area contributed by atoms with Crippen LogP contribution in [-0.2, 0) is 0 Å². The Morgan fingerprint density at radius 3 is 2.22 bits per heavy atom. The molecule has 0 fully saturated rings. The van der Waals surface area contributed by atoms with Crippen molar-refractivity contribution in [2.75, 3.05) is 27.2 Å². The molecular formula is C14H32IN3. The second-order valence-corrected chi connectivity index (χ2v) is 5.23. The van der Waals surface area contributed by atoms with Crippen molar-refractivity contribution in [3.63, 3.8) is 0 Å². The Labute approximate surface area is 131 Å². The van der Waals surface area contributed by atoms with Crippen molar-refractivity contribution in [1.29, 1.82) is 0 Å². The van der Waals surface area contributed by atoms with E-state index in [9.17, 15) is 0 Å². The molecule has 0 aliphatic rings. The second kappa shape index (κ2) is 13.4. The highest BCUT2D eigenvalue weighted by Crippen LogP contribution is 2.09. The molecule has 3 nitrogen and oxygen atoms in total. The maximum Gasteiger partial charge on any atom is 0.193 e. The summed E-state index contributed by atoms with van der Waals surface area (Å²) in [4.78, 5) is 6.62. The van der Waals surface area contributed by atoms with Crippen LogP contribution >= 0.6 is 24.0 Å². The number of guanidine groups is 1. The Balaban J connectivity index is 0. The molecule has 0 radical (unpaired) electrons. The maximum atomic E-state index is 4.58. The number of hydrogen-bond acceptors (Lipinski definition) is 1. The van der Waals surface area contributed by atoms with E-state index < -0.39 is 0 Å². The summed E-state index contributed by atoms with van der Waals surface area (Å²) in [5.74, 6) is 1.86. The van der Waals surface area contributed by atoms with Gasteiger partial charge < -0.3 is 10.2 Å². The fourth-order valence-corrected chi connectivity index (χ4v) is 1.72. The van der Waals surface area contributed by atoms with Crippen LogP contribution in [0, 0.1) is 5.92 Å². The summed E-state index contributed by atoms with van der Waals surface area (Å²) in [7, 11) is 4.06. The molecule has 0 unspecified atom stereocenters. The smallest absolute Gasteiger partial charge is 0.193 e. The summed E-state index contributed by atoms with van der Waals surface area (Å²) >= 11 is 0. The zero-order valence-electron chi connectivity index (χ0n) is 12.8. The van der Waals surface area contributed by atoms with E-state index in [0.717, 1.165) is 25.0 Å². The molecule has 0 aliphatic carbocycles. The van der Waals surface area contributed by atoms with Crippen LogP contribution in [0.25, 0.3) is 0 Å². The Bertz CT molecular complexity index is 203. The molecule has 4 heteroatoms. The lowest BCUT2D eigenvalue weighted by molar-refractivity contribution is 0.520.